The van der Waals surface area contributed by atoms with Crippen molar-refractivity contribution in [1.29, 1.82) is 0 Å². The second-order valence-electron chi connectivity index (χ2n) is 5.45. The number of hydrogen-bond donors (Lipinski definition) is 3. The molecule has 0 spiro atoms. The van der Waals surface area contributed by atoms with Gasteiger partial charge in [-0.05, 0) is 40.9 Å². The van der Waals surface area contributed by atoms with Gasteiger partial charge in [0.2, 0.25) is 0 Å². The Morgan fingerprint density at radius 1 is 1.05 bits per heavy atom. The summed E-state index contributed by atoms with van der Waals surface area (Å²) >= 11 is 3.36. The van der Waals surface area contributed by atoms with E-state index in [0.29, 0.717) is 29.2 Å². The van der Waals surface area contributed by atoms with Crippen molar-refractivity contribution in [3.8, 4) is 0 Å². The fourth-order valence-electron chi connectivity index (χ4n) is 2.62. The monoisotopic (exact) mass is 362 g/mol. The molecule has 116 valence electrons. The topological polar surface area (TPSA) is 88.8 Å². The molecule has 6 nitrogen and oxygen atoms in total. The van der Waals surface area contributed by atoms with E-state index in [1.54, 1.807) is 6.20 Å². The first-order chi connectivity index (χ1) is 10.7. The minimum atomic E-state index is 0.449. The lowest BCUT2D eigenvalue weighted by atomic mass is 9.95. The van der Waals surface area contributed by atoms with Crippen LogP contribution in [0.15, 0.2) is 29.1 Å². The molecule has 22 heavy (non-hydrogen) atoms. The van der Waals surface area contributed by atoms with E-state index in [4.69, 9.17) is 5.73 Å². The van der Waals surface area contributed by atoms with Crippen molar-refractivity contribution in [2.45, 2.75) is 38.1 Å². The summed E-state index contributed by atoms with van der Waals surface area (Å²) in [4.78, 5) is 12.8. The van der Waals surface area contributed by atoms with Gasteiger partial charge >= 0.3 is 0 Å². The zero-order valence-corrected chi connectivity index (χ0v) is 13.8. The molecule has 1 saturated carbocycles. The van der Waals surface area contributed by atoms with E-state index in [2.05, 4.69) is 41.5 Å². The van der Waals surface area contributed by atoms with Crippen molar-refractivity contribution < 1.29 is 0 Å². The predicted molar refractivity (Wildman–Crippen MR) is 92.2 cm³/mol. The Morgan fingerprint density at radius 3 is 2.55 bits per heavy atom. The van der Waals surface area contributed by atoms with Gasteiger partial charge in [0.1, 0.15) is 17.8 Å². The molecule has 4 N–H and O–H groups in total. The van der Waals surface area contributed by atoms with E-state index in [1.165, 1.54) is 38.4 Å². The summed E-state index contributed by atoms with van der Waals surface area (Å²) in [6.45, 7) is 0. The molecule has 1 fully saturated rings. The number of hydrogen-bond acceptors (Lipinski definition) is 6. The Labute approximate surface area is 138 Å². The Morgan fingerprint density at radius 2 is 1.82 bits per heavy atom. The van der Waals surface area contributed by atoms with Gasteiger partial charge in [-0.15, -0.1) is 0 Å². The van der Waals surface area contributed by atoms with Gasteiger partial charge in [-0.2, -0.15) is 0 Å². The minimum Gasteiger partial charge on any atom is -0.393 e. The van der Waals surface area contributed by atoms with Crippen LogP contribution in [0.25, 0.3) is 0 Å². The van der Waals surface area contributed by atoms with Crippen LogP contribution in [0.4, 0.5) is 23.1 Å². The summed E-state index contributed by atoms with van der Waals surface area (Å²) in [5.41, 5.74) is 6.72. The Bertz CT molecular complexity index is 624. The van der Waals surface area contributed by atoms with Crippen LogP contribution >= 0.6 is 15.9 Å². The van der Waals surface area contributed by atoms with Crippen molar-refractivity contribution in [2.75, 3.05) is 16.4 Å². The van der Waals surface area contributed by atoms with Crippen LogP contribution in [-0.4, -0.2) is 21.0 Å². The van der Waals surface area contributed by atoms with Crippen molar-refractivity contribution in [1.82, 2.24) is 15.0 Å². The summed E-state index contributed by atoms with van der Waals surface area (Å²) in [6.07, 6.45) is 9.41. The summed E-state index contributed by atoms with van der Waals surface area (Å²) in [5, 5.41) is 6.57. The molecule has 0 bridgehead atoms. The predicted octanol–water partition coefficient (Wildman–Crippen LogP) is 3.70. The molecule has 1 aliphatic rings. The van der Waals surface area contributed by atoms with Gasteiger partial charge in [0, 0.05) is 16.7 Å². The second-order valence-corrected chi connectivity index (χ2v) is 6.37. The fraction of sp³-hybridized carbons (Fsp3) is 0.400. The van der Waals surface area contributed by atoms with Crippen molar-refractivity contribution >= 4 is 39.1 Å². The third-order valence-corrected chi connectivity index (χ3v) is 4.27. The lowest BCUT2D eigenvalue weighted by Crippen LogP contribution is -2.23. The van der Waals surface area contributed by atoms with E-state index in [-0.39, 0.29) is 0 Å². The fourth-order valence-corrected chi connectivity index (χ4v) is 2.86. The first kappa shape index (κ1) is 15.0. The van der Waals surface area contributed by atoms with Crippen molar-refractivity contribution in [2.24, 2.45) is 0 Å². The van der Waals surface area contributed by atoms with Crippen LogP contribution in [0.2, 0.25) is 0 Å². The normalized spacial score (nSPS) is 15.5. The van der Waals surface area contributed by atoms with Crippen molar-refractivity contribution in [3.05, 3.63) is 29.1 Å². The quantitative estimate of drug-likeness (QED) is 0.768. The van der Waals surface area contributed by atoms with E-state index in [0.717, 1.165) is 4.47 Å². The number of nitrogens with two attached hydrogens (primary N) is 1. The highest BCUT2D eigenvalue weighted by Gasteiger charge is 2.16. The largest absolute Gasteiger partial charge is 0.393 e. The van der Waals surface area contributed by atoms with Crippen LogP contribution in [-0.2, 0) is 0 Å². The molecule has 1 aliphatic carbocycles. The molecule has 2 aromatic rings. The highest BCUT2D eigenvalue weighted by atomic mass is 79.9. The van der Waals surface area contributed by atoms with Crippen LogP contribution in [0.1, 0.15) is 32.1 Å². The second kappa shape index (κ2) is 6.91. The lowest BCUT2D eigenvalue weighted by Gasteiger charge is -2.24. The molecule has 0 atom stereocenters. The maximum atomic E-state index is 6.19. The van der Waals surface area contributed by atoms with Gasteiger partial charge in [0.15, 0.2) is 11.6 Å². The van der Waals surface area contributed by atoms with Gasteiger partial charge in [-0.1, -0.05) is 19.3 Å². The van der Waals surface area contributed by atoms with Gasteiger partial charge < -0.3 is 16.4 Å². The molecule has 0 unspecified atom stereocenters. The van der Waals surface area contributed by atoms with E-state index >= 15 is 0 Å². The van der Waals surface area contributed by atoms with Crippen molar-refractivity contribution in [3.63, 3.8) is 0 Å². The maximum absolute atomic E-state index is 6.19. The zero-order valence-electron chi connectivity index (χ0n) is 12.2. The maximum Gasteiger partial charge on any atom is 0.160 e. The van der Waals surface area contributed by atoms with Gasteiger partial charge in [-0.3, -0.25) is 0 Å². The Hall–Kier alpha value is -1.89. The third kappa shape index (κ3) is 3.65. The summed E-state index contributed by atoms with van der Waals surface area (Å²) in [7, 11) is 0. The first-order valence-electron chi connectivity index (χ1n) is 7.48. The summed E-state index contributed by atoms with van der Waals surface area (Å²) in [6, 6.07) is 4.22. The van der Waals surface area contributed by atoms with Crippen LogP contribution in [0.5, 0.6) is 0 Å². The van der Waals surface area contributed by atoms with Crippen LogP contribution in [0.3, 0.4) is 0 Å². The number of nitrogens with one attached hydrogen (secondary N) is 2. The van der Waals surface area contributed by atoms with Gasteiger partial charge in [-0.25, -0.2) is 15.0 Å². The molecule has 0 aliphatic heterocycles. The molecule has 2 aromatic heterocycles. The van der Waals surface area contributed by atoms with E-state index < -0.39 is 0 Å². The number of rotatable bonds is 4. The highest BCUT2D eigenvalue weighted by Crippen LogP contribution is 2.28. The molecule has 0 aromatic carbocycles. The lowest BCUT2D eigenvalue weighted by molar-refractivity contribution is 0.462. The average Bonchev–Trinajstić information content (AvgIpc) is 2.54. The smallest absolute Gasteiger partial charge is 0.160 e. The number of nitrogen functional groups attached to an aromatic ring is 1. The summed E-state index contributed by atoms with van der Waals surface area (Å²) in [5.74, 6) is 1.96. The SMILES string of the molecule is Nc1c(Nc2ccc(Br)cn2)ncnc1NC1CCCCC1. The standard InChI is InChI=1S/C15H19BrN6/c16-10-6-7-12(18-8-10)22-15-13(17)14(19-9-20-15)21-11-4-2-1-3-5-11/h6-9,11H,1-5,17H2,(H2,18,19,20,21,22). The number of halogens is 1. The molecule has 2 heterocycles. The Balaban J connectivity index is 1.74. The van der Waals surface area contributed by atoms with E-state index in [1.807, 2.05) is 12.1 Å². The number of pyridine rings is 1. The number of anilines is 4. The number of nitrogens with zero attached hydrogens (tertiary/aromatic N) is 3. The van der Waals surface area contributed by atoms with Gasteiger partial charge in [0.05, 0.1) is 0 Å². The molecule has 7 heteroatoms. The Kier molecular flexibility index (Phi) is 4.72. The molecular formula is C15H19BrN6. The van der Waals surface area contributed by atoms with E-state index in [9.17, 15) is 0 Å². The molecule has 3 rings (SSSR count). The highest BCUT2D eigenvalue weighted by molar-refractivity contribution is 9.10. The van der Waals surface area contributed by atoms with Crippen LogP contribution < -0.4 is 16.4 Å². The first-order valence-corrected chi connectivity index (χ1v) is 8.27. The summed E-state index contributed by atoms with van der Waals surface area (Å²) < 4.78 is 0.924. The minimum absolute atomic E-state index is 0.449. The molecule has 0 amide bonds. The zero-order chi connectivity index (χ0) is 15.4. The molecule has 0 radical (unpaired) electrons. The van der Waals surface area contributed by atoms with Gasteiger partial charge in [0.25, 0.3) is 0 Å². The van der Waals surface area contributed by atoms with Crippen LogP contribution in [0, 0.1) is 0 Å². The third-order valence-electron chi connectivity index (χ3n) is 3.80. The molecular weight excluding hydrogens is 344 g/mol. The molecule has 0 saturated heterocycles. The average molecular weight is 363 g/mol. The number of aromatic nitrogens is 3.